The first-order chi connectivity index (χ1) is 12.8. The maximum atomic E-state index is 5.61. The van der Waals surface area contributed by atoms with Gasteiger partial charge in [-0.15, -0.1) is 0 Å². The summed E-state index contributed by atoms with van der Waals surface area (Å²) in [5, 5.41) is 4.33. The van der Waals surface area contributed by atoms with E-state index in [4.69, 9.17) is 9.26 Å². The zero-order valence-corrected chi connectivity index (χ0v) is 15.2. The molecule has 0 amide bonds. The number of fused-ring (bicyclic) bond motifs is 1. The molecule has 0 N–H and O–H groups in total. The van der Waals surface area contributed by atoms with Gasteiger partial charge in [-0.1, -0.05) is 30.3 Å². The van der Waals surface area contributed by atoms with Gasteiger partial charge in [-0.25, -0.2) is 0 Å². The minimum absolute atomic E-state index is 0.822. The van der Waals surface area contributed by atoms with E-state index in [1.54, 1.807) is 7.11 Å². The Bertz CT molecular complexity index is 887. The molecule has 5 nitrogen and oxygen atoms in total. The summed E-state index contributed by atoms with van der Waals surface area (Å²) in [7, 11) is 1.68. The molecule has 0 bridgehead atoms. The van der Waals surface area contributed by atoms with Gasteiger partial charge in [0.25, 0.3) is 0 Å². The van der Waals surface area contributed by atoms with Gasteiger partial charge in [-0.2, -0.15) is 0 Å². The number of ether oxygens (including phenoxy) is 1. The van der Waals surface area contributed by atoms with Crippen molar-refractivity contribution in [3.8, 4) is 17.0 Å². The fourth-order valence-corrected chi connectivity index (χ4v) is 3.38. The van der Waals surface area contributed by atoms with E-state index < -0.39 is 0 Å². The lowest BCUT2D eigenvalue weighted by atomic mass is 10.0. The van der Waals surface area contributed by atoms with Crippen molar-refractivity contribution in [1.29, 1.82) is 0 Å². The molecule has 1 aliphatic heterocycles. The molecule has 3 aromatic rings. The minimum atomic E-state index is 0.822. The quantitative estimate of drug-likeness (QED) is 0.700. The maximum Gasteiger partial charge on any atom is 0.143 e. The summed E-state index contributed by atoms with van der Waals surface area (Å²) < 4.78 is 10.9. The van der Waals surface area contributed by atoms with Gasteiger partial charge in [0.05, 0.1) is 12.8 Å². The van der Waals surface area contributed by atoms with Crippen LogP contribution in [-0.4, -0.2) is 28.7 Å². The van der Waals surface area contributed by atoms with Crippen LogP contribution in [0.3, 0.4) is 0 Å². The number of nitrogens with zero attached hydrogens (tertiary/aromatic N) is 3. The number of aryl methyl sites for hydroxylation is 1. The summed E-state index contributed by atoms with van der Waals surface area (Å²) in [6.07, 6.45) is 3.87. The molecule has 3 heterocycles. The van der Waals surface area contributed by atoms with Crippen LogP contribution in [0.1, 0.15) is 29.5 Å². The zero-order chi connectivity index (χ0) is 17.9. The van der Waals surface area contributed by atoms with Crippen molar-refractivity contribution in [3.05, 3.63) is 65.2 Å². The molecule has 0 radical (unpaired) electrons. The maximum absolute atomic E-state index is 5.61. The highest BCUT2D eigenvalue weighted by Gasteiger charge is 2.25. The van der Waals surface area contributed by atoms with Gasteiger partial charge in [-0.3, -0.25) is 9.88 Å². The van der Waals surface area contributed by atoms with Gasteiger partial charge in [0.1, 0.15) is 17.2 Å². The molecule has 0 unspecified atom stereocenters. The number of rotatable bonds is 5. The van der Waals surface area contributed by atoms with Crippen LogP contribution in [-0.2, 0) is 25.9 Å². The van der Waals surface area contributed by atoms with Gasteiger partial charge in [0.2, 0.25) is 0 Å². The lowest BCUT2D eigenvalue weighted by molar-refractivity contribution is 0.226. The molecule has 1 aliphatic rings. The van der Waals surface area contributed by atoms with E-state index in [2.05, 4.69) is 34.1 Å². The first-order valence-electron chi connectivity index (χ1n) is 9.05. The Labute approximate surface area is 153 Å². The molecule has 26 heavy (non-hydrogen) atoms. The van der Waals surface area contributed by atoms with Crippen LogP contribution >= 0.6 is 0 Å². The fraction of sp³-hybridized carbons (Fsp3) is 0.333. The molecule has 0 saturated heterocycles. The number of pyridine rings is 1. The molecule has 0 aliphatic carbocycles. The first kappa shape index (κ1) is 16.8. The lowest BCUT2D eigenvalue weighted by Crippen LogP contribution is -2.30. The number of hydrogen-bond donors (Lipinski definition) is 0. The second kappa shape index (κ2) is 7.30. The average Bonchev–Trinajstić information content (AvgIpc) is 3.12. The normalized spacial score (nSPS) is 14.2. The summed E-state index contributed by atoms with van der Waals surface area (Å²) in [5.41, 5.74) is 5.49. The second-order valence-corrected chi connectivity index (χ2v) is 6.64. The van der Waals surface area contributed by atoms with Crippen molar-refractivity contribution in [3.63, 3.8) is 0 Å². The van der Waals surface area contributed by atoms with Crippen molar-refractivity contribution < 1.29 is 9.26 Å². The highest BCUT2D eigenvalue weighted by Crippen LogP contribution is 2.32. The molecule has 0 atom stereocenters. The Morgan fingerprint density at radius 1 is 1.23 bits per heavy atom. The summed E-state index contributed by atoms with van der Waals surface area (Å²) in [4.78, 5) is 6.99. The van der Waals surface area contributed by atoms with Crippen LogP contribution in [0.15, 0.2) is 47.1 Å². The smallest absolute Gasteiger partial charge is 0.143 e. The Morgan fingerprint density at radius 2 is 2.15 bits per heavy atom. The molecule has 4 rings (SSSR count). The van der Waals surface area contributed by atoms with Crippen molar-refractivity contribution in [2.24, 2.45) is 0 Å². The fourth-order valence-electron chi connectivity index (χ4n) is 3.38. The van der Waals surface area contributed by atoms with Crippen molar-refractivity contribution >= 4 is 0 Å². The standard InChI is InChI=1S/C21H23N3O2/c1-3-15-7-8-17(22-12-15)13-24-10-9-20-19(14-24)21(23-26-20)16-5-4-6-18(11-16)25-2/h4-8,11-12H,3,9-10,13-14H2,1-2H3. The number of aromatic nitrogens is 2. The predicted octanol–water partition coefficient (Wildman–Crippen LogP) is 3.87. The number of hydrogen-bond acceptors (Lipinski definition) is 5. The van der Waals surface area contributed by atoms with Crippen molar-refractivity contribution in [2.75, 3.05) is 13.7 Å². The van der Waals surface area contributed by atoms with Crippen LogP contribution in [0, 0.1) is 0 Å². The zero-order valence-electron chi connectivity index (χ0n) is 15.2. The van der Waals surface area contributed by atoms with E-state index in [-0.39, 0.29) is 0 Å². The molecular formula is C21H23N3O2. The molecule has 0 spiro atoms. The van der Waals surface area contributed by atoms with Crippen LogP contribution < -0.4 is 4.74 Å². The third kappa shape index (κ3) is 3.35. The summed E-state index contributed by atoms with van der Waals surface area (Å²) >= 11 is 0. The van der Waals surface area contributed by atoms with Gasteiger partial charge in [0, 0.05) is 43.4 Å². The molecule has 0 fully saturated rings. The molecule has 134 valence electrons. The third-order valence-corrected chi connectivity index (χ3v) is 4.93. The molecule has 5 heteroatoms. The summed E-state index contributed by atoms with van der Waals surface area (Å²) in [5.74, 6) is 1.82. The van der Waals surface area contributed by atoms with Crippen molar-refractivity contribution in [2.45, 2.75) is 32.9 Å². The van der Waals surface area contributed by atoms with Crippen LogP contribution in [0.25, 0.3) is 11.3 Å². The summed E-state index contributed by atoms with van der Waals surface area (Å²) in [6.45, 7) is 4.76. The summed E-state index contributed by atoms with van der Waals surface area (Å²) in [6, 6.07) is 12.3. The topological polar surface area (TPSA) is 51.4 Å². The number of benzene rings is 1. The Hall–Kier alpha value is -2.66. The Kier molecular flexibility index (Phi) is 4.71. The first-order valence-corrected chi connectivity index (χ1v) is 9.05. The molecule has 1 aromatic carbocycles. The molecule has 2 aromatic heterocycles. The number of methoxy groups -OCH3 is 1. The monoisotopic (exact) mass is 349 g/mol. The largest absolute Gasteiger partial charge is 0.497 e. The van der Waals surface area contributed by atoms with E-state index in [1.807, 2.05) is 30.5 Å². The lowest BCUT2D eigenvalue weighted by Gasteiger charge is -2.25. The molecular weight excluding hydrogens is 326 g/mol. The second-order valence-electron chi connectivity index (χ2n) is 6.64. The predicted molar refractivity (Wildman–Crippen MR) is 99.9 cm³/mol. The van der Waals surface area contributed by atoms with Crippen LogP contribution in [0.4, 0.5) is 0 Å². The van der Waals surface area contributed by atoms with Gasteiger partial charge < -0.3 is 9.26 Å². The van der Waals surface area contributed by atoms with E-state index in [0.29, 0.717) is 0 Å². The van der Waals surface area contributed by atoms with Crippen molar-refractivity contribution in [1.82, 2.24) is 15.0 Å². The van der Waals surface area contributed by atoms with Crippen LogP contribution in [0.5, 0.6) is 5.75 Å². The Balaban J connectivity index is 1.55. The van der Waals surface area contributed by atoms with Gasteiger partial charge in [-0.05, 0) is 30.2 Å². The third-order valence-electron chi connectivity index (χ3n) is 4.93. The van der Waals surface area contributed by atoms with E-state index >= 15 is 0 Å². The highest BCUT2D eigenvalue weighted by atomic mass is 16.5. The van der Waals surface area contributed by atoms with E-state index in [1.165, 1.54) is 11.1 Å². The van der Waals surface area contributed by atoms with E-state index in [0.717, 1.165) is 60.9 Å². The van der Waals surface area contributed by atoms with Gasteiger partial charge >= 0.3 is 0 Å². The molecule has 0 saturated carbocycles. The van der Waals surface area contributed by atoms with Gasteiger partial charge in [0.15, 0.2) is 0 Å². The highest BCUT2D eigenvalue weighted by molar-refractivity contribution is 5.65. The average molecular weight is 349 g/mol. The Morgan fingerprint density at radius 3 is 2.92 bits per heavy atom. The minimum Gasteiger partial charge on any atom is -0.497 e. The van der Waals surface area contributed by atoms with Crippen LogP contribution in [0.2, 0.25) is 0 Å². The SMILES string of the molecule is CCc1ccc(CN2CCc3onc(-c4cccc(OC)c4)c3C2)nc1. The van der Waals surface area contributed by atoms with E-state index in [9.17, 15) is 0 Å².